The van der Waals surface area contributed by atoms with Crippen molar-refractivity contribution in [2.24, 2.45) is 0 Å². The van der Waals surface area contributed by atoms with Crippen molar-refractivity contribution in [2.75, 3.05) is 0 Å². The van der Waals surface area contributed by atoms with Crippen molar-refractivity contribution in [3.8, 4) is 6.07 Å². The number of ketones is 1. The van der Waals surface area contributed by atoms with Crippen LogP contribution in [-0.4, -0.2) is 21.3 Å². The lowest BCUT2D eigenvalue weighted by Gasteiger charge is -2.28. The number of fused-ring (bicyclic) bond motifs is 3. The average molecular weight is 287 g/mol. The highest BCUT2D eigenvalue weighted by Crippen LogP contribution is 2.39. The van der Waals surface area contributed by atoms with Crippen molar-refractivity contribution >= 4 is 17.7 Å². The highest BCUT2D eigenvalue weighted by atomic mass is 16.1. The van der Waals surface area contributed by atoms with Crippen molar-refractivity contribution in [3.63, 3.8) is 0 Å². The van der Waals surface area contributed by atoms with Crippen molar-refractivity contribution in [1.82, 2.24) is 9.47 Å². The summed E-state index contributed by atoms with van der Waals surface area (Å²) in [7, 11) is 0. The van der Waals surface area contributed by atoms with E-state index in [0.29, 0.717) is 17.6 Å². The van der Waals surface area contributed by atoms with E-state index >= 15 is 0 Å². The summed E-state index contributed by atoms with van der Waals surface area (Å²) in [6.45, 7) is 0. The number of hydrogen-bond acceptors (Lipinski definition) is 3. The first kappa shape index (κ1) is 12.7. The van der Waals surface area contributed by atoms with Crippen LogP contribution in [0.1, 0.15) is 22.5 Å². The van der Waals surface area contributed by atoms with Gasteiger partial charge in [-0.2, -0.15) is 5.26 Å². The van der Waals surface area contributed by atoms with Gasteiger partial charge in [0.2, 0.25) is 0 Å². The molecular weight excluding hydrogens is 274 g/mol. The lowest BCUT2D eigenvalue weighted by molar-refractivity contribution is 0.0915. The Hall–Kier alpha value is -3.06. The molecule has 106 valence electrons. The summed E-state index contributed by atoms with van der Waals surface area (Å²) in [5.41, 5.74) is 3.16. The fraction of sp³-hybridized carbons (Fsp3) is 0.111. The number of Topliss-reactive ketones (excluding diaryl/α,β-unsaturated/α-hetero) is 1. The predicted octanol–water partition coefficient (Wildman–Crippen LogP) is 3.12. The molecule has 1 atom stereocenters. The van der Waals surface area contributed by atoms with Gasteiger partial charge in [0.1, 0.15) is 6.04 Å². The van der Waals surface area contributed by atoms with Crippen molar-refractivity contribution in [2.45, 2.75) is 12.5 Å². The highest BCUT2D eigenvalue weighted by molar-refractivity contribution is 6.02. The molecule has 4 heteroatoms. The van der Waals surface area contributed by atoms with Crippen LogP contribution >= 0.6 is 0 Å². The Labute approximate surface area is 128 Å². The largest absolute Gasteiger partial charge is 0.333 e. The summed E-state index contributed by atoms with van der Waals surface area (Å²) in [5, 5.41) is 9.46. The molecule has 0 spiro atoms. The van der Waals surface area contributed by atoms with Gasteiger partial charge in [0, 0.05) is 30.6 Å². The van der Waals surface area contributed by atoms with E-state index in [9.17, 15) is 10.1 Å². The molecule has 2 aliphatic heterocycles. The molecule has 0 saturated heterocycles. The summed E-state index contributed by atoms with van der Waals surface area (Å²) in [6, 6.07) is 15.1. The maximum Gasteiger partial charge on any atom is 0.185 e. The van der Waals surface area contributed by atoms with Crippen LogP contribution in [-0.2, 0) is 0 Å². The van der Waals surface area contributed by atoms with Gasteiger partial charge >= 0.3 is 0 Å². The SMILES string of the molecule is N#CC1=C2c3cccn3C=CN2C(C(=O)c2ccccc2)C1. The number of hydrogen-bond donors (Lipinski definition) is 0. The molecule has 22 heavy (non-hydrogen) atoms. The van der Waals surface area contributed by atoms with Crippen LogP contribution in [0.2, 0.25) is 0 Å². The standard InChI is InChI=1S/C18H13N3O/c19-12-14-11-16(18(22)13-5-2-1-3-6-13)21-10-9-20-8-4-7-15(20)17(14)21/h1-10,16H,11H2. The number of aromatic nitrogens is 1. The van der Waals surface area contributed by atoms with Gasteiger partial charge in [-0.3, -0.25) is 4.79 Å². The summed E-state index contributed by atoms with van der Waals surface area (Å²) < 4.78 is 1.97. The number of nitriles is 1. The Bertz CT molecular complexity index is 852. The van der Waals surface area contributed by atoms with Crippen molar-refractivity contribution < 1.29 is 4.79 Å². The van der Waals surface area contributed by atoms with Gasteiger partial charge in [0.15, 0.2) is 5.78 Å². The molecule has 0 radical (unpaired) electrons. The summed E-state index contributed by atoms with van der Waals surface area (Å²) in [4.78, 5) is 14.7. The molecule has 2 aromatic rings. The Kier molecular flexibility index (Phi) is 2.73. The smallest absolute Gasteiger partial charge is 0.185 e. The monoisotopic (exact) mass is 287 g/mol. The second-order valence-electron chi connectivity index (χ2n) is 5.40. The summed E-state index contributed by atoms with van der Waals surface area (Å²) >= 11 is 0. The third kappa shape index (κ3) is 1.73. The molecule has 4 nitrogen and oxygen atoms in total. The van der Waals surface area contributed by atoms with Crippen LogP contribution in [0.4, 0.5) is 0 Å². The molecule has 3 heterocycles. The minimum atomic E-state index is -0.341. The minimum Gasteiger partial charge on any atom is -0.333 e. The van der Waals surface area contributed by atoms with E-state index in [1.54, 1.807) is 0 Å². The van der Waals surface area contributed by atoms with Gasteiger partial charge in [0.05, 0.1) is 23.0 Å². The van der Waals surface area contributed by atoms with Gasteiger partial charge in [-0.1, -0.05) is 30.3 Å². The zero-order chi connectivity index (χ0) is 15.1. The van der Waals surface area contributed by atoms with Crippen LogP contribution in [0, 0.1) is 11.3 Å². The Morgan fingerprint density at radius 2 is 1.95 bits per heavy atom. The van der Waals surface area contributed by atoms with E-state index in [2.05, 4.69) is 6.07 Å². The molecule has 0 aliphatic carbocycles. The molecule has 0 fully saturated rings. The molecule has 0 N–H and O–H groups in total. The van der Waals surface area contributed by atoms with E-state index in [1.807, 2.05) is 70.5 Å². The molecule has 1 aromatic heterocycles. The van der Waals surface area contributed by atoms with Crippen LogP contribution in [0.3, 0.4) is 0 Å². The van der Waals surface area contributed by atoms with Crippen molar-refractivity contribution in [3.05, 3.63) is 71.7 Å². The minimum absolute atomic E-state index is 0.0491. The lowest BCUT2D eigenvalue weighted by atomic mass is 10.0. The van der Waals surface area contributed by atoms with Crippen LogP contribution in [0.5, 0.6) is 0 Å². The topological polar surface area (TPSA) is 49.0 Å². The molecule has 1 unspecified atom stereocenters. The third-order valence-corrected chi connectivity index (χ3v) is 4.18. The van der Waals surface area contributed by atoms with Crippen LogP contribution in [0.15, 0.2) is 60.4 Å². The van der Waals surface area contributed by atoms with Gasteiger partial charge in [-0.05, 0) is 12.1 Å². The number of carbonyl (C=O) groups is 1. The highest BCUT2D eigenvalue weighted by Gasteiger charge is 2.38. The third-order valence-electron chi connectivity index (χ3n) is 4.18. The number of carbonyl (C=O) groups excluding carboxylic acids is 1. The van der Waals surface area contributed by atoms with E-state index in [0.717, 1.165) is 11.4 Å². The van der Waals surface area contributed by atoms with E-state index in [1.165, 1.54) is 0 Å². The molecule has 4 rings (SSSR count). The first-order valence-corrected chi connectivity index (χ1v) is 7.16. The first-order valence-electron chi connectivity index (χ1n) is 7.16. The molecule has 2 aliphatic rings. The summed E-state index contributed by atoms with van der Waals surface area (Å²) in [5.74, 6) is 0.0491. The van der Waals surface area contributed by atoms with Crippen LogP contribution in [0.25, 0.3) is 11.9 Å². The number of benzene rings is 1. The Morgan fingerprint density at radius 3 is 2.73 bits per heavy atom. The zero-order valence-electron chi connectivity index (χ0n) is 11.8. The molecule has 0 amide bonds. The zero-order valence-corrected chi connectivity index (χ0v) is 11.8. The number of nitrogens with zero attached hydrogens (tertiary/aromatic N) is 3. The fourth-order valence-corrected chi connectivity index (χ4v) is 3.15. The van der Waals surface area contributed by atoms with Crippen LogP contribution < -0.4 is 0 Å². The second-order valence-corrected chi connectivity index (χ2v) is 5.40. The van der Waals surface area contributed by atoms with Gasteiger partial charge < -0.3 is 9.47 Å². The van der Waals surface area contributed by atoms with Gasteiger partial charge in [0.25, 0.3) is 0 Å². The number of rotatable bonds is 2. The first-order chi connectivity index (χ1) is 10.8. The fourth-order valence-electron chi connectivity index (χ4n) is 3.15. The Balaban J connectivity index is 1.76. The van der Waals surface area contributed by atoms with E-state index < -0.39 is 0 Å². The molecular formula is C18H13N3O. The maximum absolute atomic E-state index is 12.8. The predicted molar refractivity (Wildman–Crippen MR) is 83.3 cm³/mol. The average Bonchev–Trinajstić information content (AvgIpc) is 3.18. The summed E-state index contributed by atoms with van der Waals surface area (Å²) in [6.07, 6.45) is 6.20. The molecule has 1 aromatic carbocycles. The van der Waals surface area contributed by atoms with Crippen molar-refractivity contribution in [1.29, 1.82) is 5.26 Å². The van der Waals surface area contributed by atoms with Gasteiger partial charge in [-0.25, -0.2) is 0 Å². The Morgan fingerprint density at radius 1 is 1.14 bits per heavy atom. The maximum atomic E-state index is 12.8. The van der Waals surface area contributed by atoms with E-state index in [4.69, 9.17) is 0 Å². The molecule has 0 saturated carbocycles. The quantitative estimate of drug-likeness (QED) is 0.797. The normalized spacial score (nSPS) is 18.9. The van der Waals surface area contributed by atoms with E-state index in [-0.39, 0.29) is 11.8 Å². The van der Waals surface area contributed by atoms with Gasteiger partial charge in [-0.15, -0.1) is 0 Å². The second kappa shape index (κ2) is 4.74. The molecule has 0 bridgehead atoms. The lowest BCUT2D eigenvalue weighted by Crippen LogP contribution is -2.34.